The summed E-state index contributed by atoms with van der Waals surface area (Å²) in [7, 11) is 0. The molecule has 12 aromatic rings. The number of benzene rings is 8. The van der Waals surface area contributed by atoms with Crippen molar-refractivity contribution in [3.05, 3.63) is 204 Å². The molecule has 338 valence electrons. The molecule has 0 N–H and O–H groups in total. The minimum absolute atomic E-state index is 0. The van der Waals surface area contributed by atoms with Crippen molar-refractivity contribution in [2.24, 2.45) is 0 Å². The minimum atomic E-state index is 0. The van der Waals surface area contributed by atoms with Crippen LogP contribution in [0.25, 0.3) is 111 Å². The van der Waals surface area contributed by atoms with Crippen molar-refractivity contribution in [2.45, 2.75) is 60.3 Å². The van der Waals surface area contributed by atoms with Gasteiger partial charge in [0, 0.05) is 23.0 Å². The summed E-state index contributed by atoms with van der Waals surface area (Å²) in [5.74, 6) is 2.46. The first-order chi connectivity index (χ1) is 33.1. The van der Waals surface area contributed by atoms with Crippen LogP contribution in [-0.2, 0) is 21.1 Å². The number of nitrogens with zero attached hydrogens (tertiary/aromatic N) is 5. The Hall–Kier alpha value is -7.33. The maximum atomic E-state index is 5.79. The Morgan fingerprint density at radius 3 is 1.94 bits per heavy atom. The van der Waals surface area contributed by atoms with Gasteiger partial charge in [-0.25, -0.2) is 9.97 Å². The Bertz CT molecular complexity index is 3890. The normalized spacial score (nSPS) is 11.8. The molecule has 0 unspecified atom stereocenters. The van der Waals surface area contributed by atoms with Crippen LogP contribution in [0.15, 0.2) is 170 Å². The van der Waals surface area contributed by atoms with E-state index >= 15 is 0 Å². The van der Waals surface area contributed by atoms with E-state index < -0.39 is 0 Å². The number of pyridine rings is 1. The molecule has 4 aromatic heterocycles. The quantitative estimate of drug-likeness (QED) is 0.143. The molecule has 0 bridgehead atoms. The molecule has 0 aliphatic rings. The molecule has 0 amide bonds. The zero-order chi connectivity index (χ0) is 46.4. The van der Waals surface area contributed by atoms with Crippen molar-refractivity contribution in [3.8, 4) is 56.3 Å². The van der Waals surface area contributed by atoms with Gasteiger partial charge in [0.2, 0.25) is 0 Å². The zero-order valence-corrected chi connectivity index (χ0v) is 42.1. The molecule has 0 saturated carbocycles. The molecular weight excluding hydrogens is 1020 g/mol. The van der Waals surface area contributed by atoms with Gasteiger partial charge in [-0.1, -0.05) is 159 Å². The topological polar surface area (TPSA) is 49.7 Å². The summed E-state index contributed by atoms with van der Waals surface area (Å²) in [4.78, 5) is 15.9. The van der Waals surface area contributed by atoms with Gasteiger partial charge in [0.05, 0.1) is 11.0 Å². The molecule has 6 heteroatoms. The van der Waals surface area contributed by atoms with Crippen molar-refractivity contribution < 1.29 is 21.1 Å². The Labute approximate surface area is 417 Å². The van der Waals surface area contributed by atoms with E-state index in [1.165, 1.54) is 44.5 Å². The van der Waals surface area contributed by atoms with Gasteiger partial charge >= 0.3 is 21.1 Å². The largest absolute Gasteiger partial charge is 2.00 e. The number of rotatable bonds is 8. The molecule has 0 radical (unpaired) electrons. The van der Waals surface area contributed by atoms with Gasteiger partial charge in [0.25, 0.3) is 0 Å². The second-order valence-corrected chi connectivity index (χ2v) is 19.1. The first-order valence-corrected chi connectivity index (χ1v) is 23.8. The van der Waals surface area contributed by atoms with Gasteiger partial charge in [0.15, 0.2) is 0 Å². The van der Waals surface area contributed by atoms with Crippen LogP contribution in [0.4, 0.5) is 0 Å². The van der Waals surface area contributed by atoms with Crippen molar-refractivity contribution in [2.75, 3.05) is 0 Å². The molecule has 69 heavy (non-hydrogen) atoms. The van der Waals surface area contributed by atoms with E-state index in [2.05, 4.69) is 215 Å². The summed E-state index contributed by atoms with van der Waals surface area (Å²) in [6, 6.07) is 63.4. The van der Waals surface area contributed by atoms with Crippen LogP contribution in [0.5, 0.6) is 0 Å². The van der Waals surface area contributed by atoms with Gasteiger partial charge in [-0.3, -0.25) is 4.57 Å². The Balaban J connectivity index is 0.00000520. The van der Waals surface area contributed by atoms with Crippen LogP contribution >= 0.6 is 0 Å². The third-order valence-electron chi connectivity index (χ3n) is 14.0. The second kappa shape index (κ2) is 17.3. The van der Waals surface area contributed by atoms with Gasteiger partial charge in [-0.05, 0) is 135 Å². The molecule has 0 aliphatic heterocycles. The minimum Gasteiger partial charge on any atom is -0.656 e. The summed E-state index contributed by atoms with van der Waals surface area (Å²) in [6.45, 7) is 15.8. The van der Waals surface area contributed by atoms with Gasteiger partial charge in [-0.15, -0.1) is 34.8 Å². The molecule has 5 nitrogen and oxygen atoms in total. The second-order valence-electron chi connectivity index (χ2n) is 19.1. The van der Waals surface area contributed by atoms with Crippen molar-refractivity contribution in [1.29, 1.82) is 0 Å². The predicted molar refractivity (Wildman–Crippen MR) is 285 cm³/mol. The Kier molecular flexibility index (Phi) is 11.1. The standard InChI is InChI=1S/C63H51N5.Pt/c1-37(2)46-18-14-19-47(38(3)4)60(46)42-25-28-45(29-26-42)67-57-36-44(59-40(6)32-39(5)33-41(59)7)34-53(62(57)66-63(67)52-21-15-20-51-48-16-8-10-22-54(48)65-61(51)52)43-27-30-50-49-17-9-11-23-55(49)68(56(50)35-43)58-24-12-13-31-64-58;/h8-34,36-38H,1-7H3;/q-2;+2. The summed E-state index contributed by atoms with van der Waals surface area (Å²) >= 11 is 0. The number of para-hydroxylation sites is 3. The fraction of sp³-hybridized carbons (Fsp3) is 0.143. The van der Waals surface area contributed by atoms with Gasteiger partial charge in [0.1, 0.15) is 11.6 Å². The van der Waals surface area contributed by atoms with E-state index in [4.69, 9.17) is 15.0 Å². The first kappa shape index (κ1) is 44.2. The van der Waals surface area contributed by atoms with Crippen LogP contribution in [0.1, 0.15) is 67.3 Å². The maximum Gasteiger partial charge on any atom is 2.00 e. The number of hydrogen-bond donors (Lipinski definition) is 0. The van der Waals surface area contributed by atoms with E-state index in [1.807, 2.05) is 18.3 Å². The first-order valence-electron chi connectivity index (χ1n) is 23.8. The van der Waals surface area contributed by atoms with E-state index in [0.717, 1.165) is 94.2 Å². The van der Waals surface area contributed by atoms with Crippen LogP contribution in [0.2, 0.25) is 0 Å². The van der Waals surface area contributed by atoms with Crippen LogP contribution < -0.4 is 4.98 Å². The molecule has 0 spiro atoms. The van der Waals surface area contributed by atoms with Crippen LogP contribution in [0, 0.1) is 26.8 Å². The molecule has 12 rings (SSSR count). The number of aromatic nitrogens is 5. The fourth-order valence-electron chi connectivity index (χ4n) is 11.0. The van der Waals surface area contributed by atoms with Crippen molar-refractivity contribution >= 4 is 54.6 Å². The molecule has 0 saturated heterocycles. The number of fused-ring (bicyclic) bond motifs is 7. The van der Waals surface area contributed by atoms with Crippen molar-refractivity contribution in [3.63, 3.8) is 0 Å². The average Bonchev–Trinajstić information content (AvgIpc) is 4.03. The summed E-state index contributed by atoms with van der Waals surface area (Å²) in [5.41, 5.74) is 21.2. The molecule has 8 aromatic carbocycles. The SMILES string of the molecule is Cc1cc(C)c(-c2cc(-c3[c-]c4c(cc3)c3ccccc3n4-c3ccccn3)c3nc(-c4cccc5c4[n-]c4ccccc45)n(-c4ccc(-c5c(C(C)C)cccc5C(C)C)cc4)c3c2)c(C)c1.[Pt+2]. The van der Waals surface area contributed by atoms with E-state index in [-0.39, 0.29) is 21.1 Å². The van der Waals surface area contributed by atoms with E-state index in [9.17, 15) is 0 Å². The molecule has 0 fully saturated rings. The van der Waals surface area contributed by atoms with Gasteiger partial charge < -0.3 is 9.55 Å². The Morgan fingerprint density at radius 2 is 1.22 bits per heavy atom. The van der Waals surface area contributed by atoms with E-state index in [0.29, 0.717) is 11.8 Å². The summed E-state index contributed by atoms with van der Waals surface area (Å²) in [5, 5.41) is 4.54. The van der Waals surface area contributed by atoms with Crippen LogP contribution in [-0.4, -0.2) is 19.1 Å². The van der Waals surface area contributed by atoms with Crippen LogP contribution in [0.3, 0.4) is 0 Å². The maximum absolute atomic E-state index is 5.79. The van der Waals surface area contributed by atoms with Crippen molar-refractivity contribution in [1.82, 2.24) is 24.1 Å². The Morgan fingerprint density at radius 1 is 0.536 bits per heavy atom. The average molecular weight is 1070 g/mol. The summed E-state index contributed by atoms with van der Waals surface area (Å²) < 4.78 is 4.61. The molecule has 0 aliphatic carbocycles. The molecule has 4 heterocycles. The monoisotopic (exact) mass is 1070 g/mol. The molecular formula is C63H51N5Pt. The molecule has 0 atom stereocenters. The number of aryl methyl sites for hydroxylation is 3. The number of imidazole rings is 1. The fourth-order valence-corrected chi connectivity index (χ4v) is 11.0. The van der Waals surface area contributed by atoms with E-state index in [1.54, 1.807) is 0 Å². The summed E-state index contributed by atoms with van der Waals surface area (Å²) in [6.07, 6.45) is 1.86. The third kappa shape index (κ3) is 7.25. The third-order valence-corrected chi connectivity index (χ3v) is 14.0. The predicted octanol–water partition coefficient (Wildman–Crippen LogP) is 16.4. The smallest absolute Gasteiger partial charge is 0.656 e. The zero-order valence-electron chi connectivity index (χ0n) is 39.9. The number of hydrogen-bond acceptors (Lipinski definition) is 2. The van der Waals surface area contributed by atoms with Gasteiger partial charge in [-0.2, -0.15) is 0 Å².